The summed E-state index contributed by atoms with van der Waals surface area (Å²) in [5, 5.41) is 0. The molecule has 1 aromatic rings. The number of nitrogens with zero attached hydrogens (tertiary/aromatic N) is 1. The van der Waals surface area contributed by atoms with Crippen LogP contribution in [0.5, 0.6) is 0 Å². The van der Waals surface area contributed by atoms with E-state index in [0.29, 0.717) is 23.0 Å². The van der Waals surface area contributed by atoms with Gasteiger partial charge in [0.2, 0.25) is 0 Å². The van der Waals surface area contributed by atoms with Crippen molar-refractivity contribution >= 4 is 5.57 Å². The third-order valence-corrected chi connectivity index (χ3v) is 9.08. The van der Waals surface area contributed by atoms with Gasteiger partial charge in [0.05, 0.1) is 12.2 Å². The smallest absolute Gasteiger partial charge is 0.0616 e. The summed E-state index contributed by atoms with van der Waals surface area (Å²) in [6.07, 6.45) is 18.9. The number of aromatic nitrogens is 1. The van der Waals surface area contributed by atoms with E-state index in [4.69, 9.17) is 4.74 Å². The van der Waals surface area contributed by atoms with Crippen LogP contribution in [0.4, 0.5) is 0 Å². The third kappa shape index (κ3) is 3.05. The number of hydrogen-bond acceptors (Lipinski definition) is 2. The quantitative estimate of drug-likeness (QED) is 0.527. The number of hydrogen-bond donors (Lipinski definition) is 0. The van der Waals surface area contributed by atoms with Gasteiger partial charge in [-0.1, -0.05) is 37.6 Å². The van der Waals surface area contributed by atoms with E-state index in [2.05, 4.69) is 63.2 Å². The summed E-state index contributed by atoms with van der Waals surface area (Å²) in [6.45, 7) is 9.49. The molecule has 2 saturated carbocycles. The van der Waals surface area contributed by atoms with Crippen LogP contribution in [0.1, 0.15) is 78.2 Å². The Morgan fingerprint density at radius 1 is 1.03 bits per heavy atom. The topological polar surface area (TPSA) is 22.1 Å². The van der Waals surface area contributed by atoms with Gasteiger partial charge in [-0.3, -0.25) is 4.98 Å². The Balaban J connectivity index is 1.40. The van der Waals surface area contributed by atoms with Crippen molar-refractivity contribution in [2.75, 3.05) is 0 Å². The van der Waals surface area contributed by atoms with Crippen molar-refractivity contribution in [3.8, 4) is 0 Å². The molecule has 4 aliphatic rings. The highest BCUT2D eigenvalue weighted by Crippen LogP contribution is 2.66. The van der Waals surface area contributed by atoms with Crippen LogP contribution in [0.3, 0.4) is 0 Å². The molecule has 0 aliphatic heterocycles. The minimum Gasteiger partial charge on any atom is -0.375 e. The number of rotatable bonds is 3. The van der Waals surface area contributed by atoms with E-state index in [1.807, 2.05) is 6.20 Å². The van der Waals surface area contributed by atoms with Crippen LogP contribution in [0.15, 0.2) is 42.3 Å². The first kappa shape index (κ1) is 19.5. The van der Waals surface area contributed by atoms with E-state index in [1.54, 1.807) is 11.1 Å². The molecule has 2 nitrogen and oxygen atoms in total. The fourth-order valence-corrected chi connectivity index (χ4v) is 7.67. The minimum atomic E-state index is 0.323. The fraction of sp³-hybridized carbons (Fsp3) is 0.667. The van der Waals surface area contributed by atoms with Gasteiger partial charge in [0, 0.05) is 12.4 Å². The largest absolute Gasteiger partial charge is 0.375 e. The highest BCUT2D eigenvalue weighted by Gasteiger charge is 2.56. The van der Waals surface area contributed by atoms with E-state index < -0.39 is 0 Å². The van der Waals surface area contributed by atoms with Crippen LogP contribution in [-0.4, -0.2) is 17.2 Å². The van der Waals surface area contributed by atoms with Gasteiger partial charge in [-0.05, 0) is 105 Å². The summed E-state index contributed by atoms with van der Waals surface area (Å²) in [6, 6.07) is 4.35. The van der Waals surface area contributed by atoms with E-state index >= 15 is 0 Å². The van der Waals surface area contributed by atoms with Crippen molar-refractivity contribution in [3.63, 3.8) is 0 Å². The molecule has 2 fully saturated rings. The van der Waals surface area contributed by atoms with E-state index in [-0.39, 0.29) is 0 Å². The van der Waals surface area contributed by atoms with Gasteiger partial charge >= 0.3 is 0 Å². The second kappa shape index (κ2) is 7.08. The summed E-state index contributed by atoms with van der Waals surface area (Å²) in [5.41, 5.74) is 5.36. The van der Waals surface area contributed by atoms with Crippen molar-refractivity contribution in [1.82, 2.24) is 4.98 Å². The highest BCUT2D eigenvalue weighted by atomic mass is 16.5. The molecule has 0 bridgehead atoms. The fourth-order valence-electron chi connectivity index (χ4n) is 7.67. The van der Waals surface area contributed by atoms with Gasteiger partial charge in [-0.2, -0.15) is 0 Å². The van der Waals surface area contributed by atoms with E-state index in [9.17, 15) is 0 Å². The van der Waals surface area contributed by atoms with Crippen LogP contribution in [0.25, 0.3) is 5.57 Å². The molecule has 6 atom stereocenters. The lowest BCUT2D eigenvalue weighted by Crippen LogP contribution is -2.50. The van der Waals surface area contributed by atoms with Crippen LogP contribution < -0.4 is 0 Å². The second-order valence-electron chi connectivity index (χ2n) is 10.9. The van der Waals surface area contributed by atoms with Gasteiger partial charge in [-0.15, -0.1) is 0 Å². The van der Waals surface area contributed by atoms with Gasteiger partial charge in [0.25, 0.3) is 0 Å². The predicted molar refractivity (Wildman–Crippen MR) is 119 cm³/mol. The molecule has 0 radical (unpaired) electrons. The summed E-state index contributed by atoms with van der Waals surface area (Å²) in [4.78, 5) is 4.41. The molecule has 5 rings (SSSR count). The molecule has 1 aromatic heterocycles. The van der Waals surface area contributed by atoms with Crippen LogP contribution in [0.2, 0.25) is 0 Å². The molecule has 0 aromatic carbocycles. The lowest BCUT2D eigenvalue weighted by atomic mass is 9.47. The SMILES string of the molecule is CC(C)O[C@H]1CC[C@@]2(C)C(=CC[C@@H]3[C@@H]2CC[C@]2(C)C(c4cccnc4)=CC[C@@H]32)C1. The van der Waals surface area contributed by atoms with E-state index in [0.717, 1.165) is 17.8 Å². The van der Waals surface area contributed by atoms with Crippen LogP contribution in [-0.2, 0) is 4.74 Å². The van der Waals surface area contributed by atoms with Crippen molar-refractivity contribution in [3.05, 3.63) is 47.8 Å². The highest BCUT2D eigenvalue weighted by molar-refractivity contribution is 5.72. The van der Waals surface area contributed by atoms with Crippen molar-refractivity contribution in [2.45, 2.75) is 84.8 Å². The Morgan fingerprint density at radius 3 is 2.62 bits per heavy atom. The Morgan fingerprint density at radius 2 is 1.86 bits per heavy atom. The molecule has 156 valence electrons. The summed E-state index contributed by atoms with van der Waals surface area (Å²) in [5.74, 6) is 2.47. The van der Waals surface area contributed by atoms with Crippen molar-refractivity contribution < 1.29 is 4.74 Å². The zero-order chi connectivity index (χ0) is 20.2. The number of ether oxygens (including phenoxy) is 1. The molecule has 2 heteroatoms. The predicted octanol–water partition coefficient (Wildman–Crippen LogP) is 6.83. The number of allylic oxidation sites excluding steroid dienone is 3. The molecule has 0 unspecified atom stereocenters. The maximum absolute atomic E-state index is 6.21. The summed E-state index contributed by atoms with van der Waals surface area (Å²) >= 11 is 0. The Hall–Kier alpha value is -1.41. The van der Waals surface area contributed by atoms with Gasteiger partial charge < -0.3 is 4.74 Å². The zero-order valence-electron chi connectivity index (χ0n) is 18.7. The first-order chi connectivity index (χ1) is 13.9. The van der Waals surface area contributed by atoms with Crippen LogP contribution >= 0.6 is 0 Å². The Bertz CT molecular complexity index is 824. The zero-order valence-corrected chi connectivity index (χ0v) is 18.7. The monoisotopic (exact) mass is 391 g/mol. The van der Waals surface area contributed by atoms with Gasteiger partial charge in [0.15, 0.2) is 0 Å². The lowest BCUT2D eigenvalue weighted by Gasteiger charge is -2.58. The Labute approximate surface area is 176 Å². The maximum atomic E-state index is 6.21. The average Bonchev–Trinajstić information content (AvgIpc) is 3.06. The van der Waals surface area contributed by atoms with Crippen molar-refractivity contribution in [1.29, 1.82) is 0 Å². The Kier molecular flexibility index (Phi) is 4.77. The molecule has 0 saturated heterocycles. The van der Waals surface area contributed by atoms with Crippen molar-refractivity contribution in [2.24, 2.45) is 28.6 Å². The average molecular weight is 392 g/mol. The molecule has 0 spiro atoms. The molecule has 1 heterocycles. The lowest BCUT2D eigenvalue weighted by molar-refractivity contribution is -0.0525. The molecular weight excluding hydrogens is 354 g/mol. The summed E-state index contributed by atoms with van der Waals surface area (Å²) in [7, 11) is 0. The molecule has 29 heavy (non-hydrogen) atoms. The first-order valence-corrected chi connectivity index (χ1v) is 11.9. The third-order valence-electron chi connectivity index (χ3n) is 9.08. The maximum Gasteiger partial charge on any atom is 0.0616 e. The summed E-state index contributed by atoms with van der Waals surface area (Å²) < 4.78 is 6.21. The second-order valence-corrected chi connectivity index (χ2v) is 10.9. The van der Waals surface area contributed by atoms with Crippen LogP contribution in [0, 0.1) is 28.6 Å². The van der Waals surface area contributed by atoms with E-state index in [1.165, 1.54) is 50.5 Å². The first-order valence-electron chi connectivity index (χ1n) is 11.9. The number of pyridine rings is 1. The number of fused-ring (bicyclic) bond motifs is 5. The minimum absolute atomic E-state index is 0.323. The molecule has 0 N–H and O–H groups in total. The van der Waals surface area contributed by atoms with Gasteiger partial charge in [-0.25, -0.2) is 0 Å². The van der Waals surface area contributed by atoms with Gasteiger partial charge in [0.1, 0.15) is 0 Å². The normalized spacial score (nSPS) is 41.3. The molecule has 0 amide bonds. The standard InChI is InChI=1S/C27H37NO/c1-18(2)29-21-11-13-26(3)20(16-21)7-8-22-24-10-9-23(19-6-5-15-28-17-19)27(24,4)14-12-25(22)26/h5-7,9,15,17-18,21-22,24-25H,8,10-14,16H2,1-4H3/t21-,22-,24-,25-,26-,27+/m0/s1. The molecule has 4 aliphatic carbocycles. The molecular formula is C27H37NO.